The fourth-order valence-corrected chi connectivity index (χ4v) is 1.88. The molecule has 0 aliphatic carbocycles. The molecule has 0 atom stereocenters. The van der Waals surface area contributed by atoms with E-state index < -0.39 is 0 Å². The summed E-state index contributed by atoms with van der Waals surface area (Å²) < 4.78 is 1.02. The zero-order valence-electron chi connectivity index (χ0n) is 8.74. The molecule has 16 heavy (non-hydrogen) atoms. The van der Waals surface area contributed by atoms with Gasteiger partial charge in [0.1, 0.15) is 0 Å². The number of nitrogens with two attached hydrogens (primary N) is 1. The fourth-order valence-electron chi connectivity index (χ4n) is 1.48. The van der Waals surface area contributed by atoms with E-state index >= 15 is 0 Å². The van der Waals surface area contributed by atoms with Crippen LogP contribution in [0, 0.1) is 6.92 Å². The van der Waals surface area contributed by atoms with Crippen LogP contribution in [0.4, 0.5) is 5.82 Å². The highest BCUT2D eigenvalue weighted by molar-refractivity contribution is 9.10. The van der Waals surface area contributed by atoms with Gasteiger partial charge in [0.15, 0.2) is 5.82 Å². The van der Waals surface area contributed by atoms with Gasteiger partial charge in [0.25, 0.3) is 0 Å². The minimum Gasteiger partial charge on any atom is -0.307 e. The first-order chi connectivity index (χ1) is 7.70. The van der Waals surface area contributed by atoms with E-state index in [2.05, 4.69) is 31.6 Å². The summed E-state index contributed by atoms with van der Waals surface area (Å²) in [5.74, 6) is 5.84. The second-order valence-corrected chi connectivity index (χ2v) is 4.33. The van der Waals surface area contributed by atoms with Crippen molar-refractivity contribution in [3.05, 3.63) is 40.4 Å². The molecule has 1 heterocycles. The lowest BCUT2D eigenvalue weighted by Gasteiger charge is -2.06. The molecule has 0 unspecified atom stereocenters. The summed E-state index contributed by atoms with van der Waals surface area (Å²) in [6, 6.07) is 9.81. The van der Waals surface area contributed by atoms with Crippen LogP contribution in [0.5, 0.6) is 0 Å². The number of aryl methyl sites for hydroxylation is 1. The van der Waals surface area contributed by atoms with Gasteiger partial charge in [0.2, 0.25) is 0 Å². The fraction of sp³-hybridized carbons (Fsp3) is 0.0909. The van der Waals surface area contributed by atoms with Gasteiger partial charge < -0.3 is 5.43 Å². The predicted molar refractivity (Wildman–Crippen MR) is 67.7 cm³/mol. The first kappa shape index (κ1) is 11.0. The molecule has 1 aromatic heterocycles. The summed E-state index contributed by atoms with van der Waals surface area (Å²) in [6.07, 6.45) is 0. The second kappa shape index (κ2) is 4.59. The van der Waals surface area contributed by atoms with Gasteiger partial charge in [0, 0.05) is 10.0 Å². The van der Waals surface area contributed by atoms with Gasteiger partial charge in [-0.3, -0.25) is 0 Å². The number of hydrazine groups is 1. The summed E-state index contributed by atoms with van der Waals surface area (Å²) in [5, 5.41) is 8.11. The van der Waals surface area contributed by atoms with Gasteiger partial charge in [-0.2, -0.15) is 0 Å². The average molecular weight is 279 g/mol. The molecule has 0 aliphatic heterocycles. The Kier molecular flexibility index (Phi) is 3.17. The number of benzene rings is 1. The van der Waals surface area contributed by atoms with Crippen LogP contribution in [-0.2, 0) is 0 Å². The number of hydrogen-bond acceptors (Lipinski definition) is 4. The topological polar surface area (TPSA) is 63.8 Å². The maximum atomic E-state index is 5.27. The smallest absolute Gasteiger partial charge is 0.162 e. The lowest BCUT2D eigenvalue weighted by Crippen LogP contribution is -2.09. The van der Waals surface area contributed by atoms with Crippen molar-refractivity contribution in [3.8, 4) is 11.3 Å². The third kappa shape index (κ3) is 2.20. The number of rotatable bonds is 2. The Balaban J connectivity index is 2.48. The van der Waals surface area contributed by atoms with Crippen LogP contribution in [-0.4, -0.2) is 10.2 Å². The van der Waals surface area contributed by atoms with Gasteiger partial charge in [-0.15, -0.1) is 10.2 Å². The zero-order valence-corrected chi connectivity index (χ0v) is 10.3. The standard InChI is InChI=1S/C11H11BrN4/c1-7-5-10(14-13)15-16-11(7)8-3-2-4-9(12)6-8/h2-6H,13H2,1H3,(H,14,15). The number of nitrogens with zero attached hydrogens (tertiary/aromatic N) is 2. The van der Waals surface area contributed by atoms with Crippen LogP contribution in [0.3, 0.4) is 0 Å². The molecule has 0 radical (unpaired) electrons. The third-order valence-electron chi connectivity index (χ3n) is 2.23. The maximum Gasteiger partial charge on any atom is 0.162 e. The average Bonchev–Trinajstić information content (AvgIpc) is 2.28. The van der Waals surface area contributed by atoms with Crippen molar-refractivity contribution in [2.45, 2.75) is 6.92 Å². The number of nitrogens with one attached hydrogen (secondary N) is 1. The minimum atomic E-state index is 0.566. The maximum absolute atomic E-state index is 5.27. The molecule has 0 amide bonds. The van der Waals surface area contributed by atoms with E-state index in [-0.39, 0.29) is 0 Å². The van der Waals surface area contributed by atoms with E-state index in [4.69, 9.17) is 5.84 Å². The number of hydrogen-bond donors (Lipinski definition) is 2. The van der Waals surface area contributed by atoms with Crippen molar-refractivity contribution in [2.24, 2.45) is 5.84 Å². The van der Waals surface area contributed by atoms with Crippen molar-refractivity contribution >= 4 is 21.7 Å². The molecule has 2 aromatic rings. The molecule has 82 valence electrons. The Bertz CT molecular complexity index is 513. The molecule has 1 aromatic carbocycles. The van der Waals surface area contributed by atoms with Crippen molar-refractivity contribution in [2.75, 3.05) is 5.43 Å². The molecule has 0 bridgehead atoms. The normalized spacial score (nSPS) is 10.2. The van der Waals surface area contributed by atoms with Crippen LogP contribution >= 0.6 is 15.9 Å². The highest BCUT2D eigenvalue weighted by Crippen LogP contribution is 2.24. The minimum absolute atomic E-state index is 0.566. The highest BCUT2D eigenvalue weighted by Gasteiger charge is 2.05. The van der Waals surface area contributed by atoms with E-state index in [0.29, 0.717) is 5.82 Å². The lowest BCUT2D eigenvalue weighted by atomic mass is 10.1. The Labute approximate surface area is 102 Å². The van der Waals surface area contributed by atoms with Crippen LogP contribution in [0.15, 0.2) is 34.8 Å². The highest BCUT2D eigenvalue weighted by atomic mass is 79.9. The SMILES string of the molecule is Cc1cc(NN)nnc1-c1cccc(Br)c1. The van der Waals surface area contributed by atoms with Gasteiger partial charge in [-0.05, 0) is 30.7 Å². The van der Waals surface area contributed by atoms with Crippen LogP contribution in [0.2, 0.25) is 0 Å². The van der Waals surface area contributed by atoms with Gasteiger partial charge in [-0.25, -0.2) is 5.84 Å². The molecule has 4 nitrogen and oxygen atoms in total. The predicted octanol–water partition coefficient (Wildman–Crippen LogP) is 2.50. The van der Waals surface area contributed by atoms with Crippen LogP contribution < -0.4 is 11.3 Å². The molecule has 0 fully saturated rings. The quantitative estimate of drug-likeness (QED) is 0.655. The molecule has 3 N–H and O–H groups in total. The lowest BCUT2D eigenvalue weighted by molar-refractivity contribution is 1.01. The molecular weight excluding hydrogens is 268 g/mol. The zero-order chi connectivity index (χ0) is 11.5. The largest absolute Gasteiger partial charge is 0.307 e. The van der Waals surface area contributed by atoms with Crippen molar-refractivity contribution in [1.82, 2.24) is 10.2 Å². The Morgan fingerprint density at radius 1 is 1.25 bits per heavy atom. The molecule has 0 saturated carbocycles. The summed E-state index contributed by atoms with van der Waals surface area (Å²) in [6.45, 7) is 1.98. The molecule has 0 spiro atoms. The Morgan fingerprint density at radius 3 is 2.69 bits per heavy atom. The second-order valence-electron chi connectivity index (χ2n) is 3.42. The molecule has 0 aliphatic rings. The number of anilines is 1. The first-order valence-electron chi connectivity index (χ1n) is 4.77. The van der Waals surface area contributed by atoms with E-state index in [1.807, 2.05) is 37.3 Å². The van der Waals surface area contributed by atoms with E-state index in [9.17, 15) is 0 Å². The monoisotopic (exact) mass is 278 g/mol. The van der Waals surface area contributed by atoms with E-state index in [1.54, 1.807) is 0 Å². The number of halogens is 1. The van der Waals surface area contributed by atoms with Crippen LogP contribution in [0.25, 0.3) is 11.3 Å². The van der Waals surface area contributed by atoms with Gasteiger partial charge >= 0.3 is 0 Å². The molecule has 0 saturated heterocycles. The molecular formula is C11H11BrN4. The number of nitrogen functional groups attached to an aromatic ring is 1. The van der Waals surface area contributed by atoms with E-state index in [1.165, 1.54) is 0 Å². The summed E-state index contributed by atoms with van der Waals surface area (Å²) in [4.78, 5) is 0. The van der Waals surface area contributed by atoms with Gasteiger partial charge in [0.05, 0.1) is 5.69 Å². The van der Waals surface area contributed by atoms with Gasteiger partial charge in [-0.1, -0.05) is 28.1 Å². The summed E-state index contributed by atoms with van der Waals surface area (Å²) in [5.41, 5.74) is 5.40. The third-order valence-corrected chi connectivity index (χ3v) is 2.72. The Hall–Kier alpha value is -1.46. The van der Waals surface area contributed by atoms with Crippen molar-refractivity contribution in [1.29, 1.82) is 0 Å². The molecule has 2 rings (SSSR count). The van der Waals surface area contributed by atoms with Crippen molar-refractivity contribution < 1.29 is 0 Å². The first-order valence-corrected chi connectivity index (χ1v) is 5.57. The summed E-state index contributed by atoms with van der Waals surface area (Å²) >= 11 is 3.43. The Morgan fingerprint density at radius 2 is 2.06 bits per heavy atom. The van der Waals surface area contributed by atoms with E-state index in [0.717, 1.165) is 21.3 Å². The van der Waals surface area contributed by atoms with Crippen molar-refractivity contribution in [3.63, 3.8) is 0 Å². The summed E-state index contributed by atoms with van der Waals surface area (Å²) in [7, 11) is 0. The molecule has 5 heteroatoms. The number of aromatic nitrogens is 2. The van der Waals surface area contributed by atoms with Crippen LogP contribution in [0.1, 0.15) is 5.56 Å².